The second-order valence-electron chi connectivity index (χ2n) is 6.83. The van der Waals surface area contributed by atoms with E-state index in [4.69, 9.17) is 5.11 Å². The summed E-state index contributed by atoms with van der Waals surface area (Å²) >= 11 is 2.54. The monoisotopic (exact) mass is 386 g/mol. The topological polar surface area (TPSA) is 87.6 Å². The number of carboxylic acid groups (broad SMARTS) is 1. The van der Waals surface area contributed by atoms with E-state index >= 15 is 0 Å². The Labute approximate surface area is 156 Å². The standard InChI is InChI=1S/C18H14N2O4S2/c21-13(22)7-25-18-19-11-4-3-10(6-12(11)26-18)20-16(23)14-8-1-2-9(5-8)15(14)17(20)24/h1-4,6,8-9,14-15H,5,7H2,(H,21,22)/t8-,9-,14-,15+/m0/s1. The van der Waals surface area contributed by atoms with E-state index in [1.807, 2.05) is 6.07 Å². The predicted molar refractivity (Wildman–Crippen MR) is 98.2 cm³/mol. The van der Waals surface area contributed by atoms with Gasteiger partial charge in [-0.1, -0.05) is 23.9 Å². The van der Waals surface area contributed by atoms with Gasteiger partial charge in [-0.05, 0) is 36.5 Å². The van der Waals surface area contributed by atoms with Crippen LogP contribution in [0.2, 0.25) is 0 Å². The molecule has 26 heavy (non-hydrogen) atoms. The Morgan fingerprint density at radius 2 is 1.92 bits per heavy atom. The second kappa shape index (κ2) is 5.65. The zero-order valence-electron chi connectivity index (χ0n) is 13.5. The van der Waals surface area contributed by atoms with Crippen LogP contribution in [-0.2, 0) is 14.4 Å². The predicted octanol–water partition coefficient (Wildman–Crippen LogP) is 2.78. The molecule has 5 rings (SSSR count). The second-order valence-corrected chi connectivity index (χ2v) is 9.08. The van der Waals surface area contributed by atoms with Crippen LogP contribution >= 0.6 is 23.1 Å². The fourth-order valence-electron chi connectivity index (χ4n) is 4.37. The van der Waals surface area contributed by atoms with Gasteiger partial charge in [0.1, 0.15) is 0 Å². The van der Waals surface area contributed by atoms with Crippen molar-refractivity contribution in [3.8, 4) is 0 Å². The number of allylic oxidation sites excluding steroid dienone is 2. The van der Waals surface area contributed by atoms with Gasteiger partial charge in [0.05, 0.1) is 33.5 Å². The Bertz CT molecular complexity index is 968. The highest BCUT2D eigenvalue weighted by atomic mass is 32.2. The van der Waals surface area contributed by atoms with Crippen LogP contribution in [-0.4, -0.2) is 33.6 Å². The maximum atomic E-state index is 12.9. The number of carbonyl (C=O) groups is 3. The van der Waals surface area contributed by atoms with Crippen molar-refractivity contribution < 1.29 is 19.5 Å². The van der Waals surface area contributed by atoms with Crippen molar-refractivity contribution in [3.05, 3.63) is 30.4 Å². The van der Waals surface area contributed by atoms with E-state index in [0.717, 1.165) is 16.6 Å². The molecular formula is C18H14N2O4S2. The van der Waals surface area contributed by atoms with Gasteiger partial charge in [-0.25, -0.2) is 9.88 Å². The van der Waals surface area contributed by atoms with Gasteiger partial charge >= 0.3 is 5.97 Å². The number of carboxylic acids is 1. The molecule has 2 amide bonds. The van der Waals surface area contributed by atoms with Gasteiger partial charge in [0, 0.05) is 0 Å². The van der Waals surface area contributed by atoms with Gasteiger partial charge in [0.25, 0.3) is 0 Å². The van der Waals surface area contributed by atoms with E-state index in [1.54, 1.807) is 12.1 Å². The highest BCUT2D eigenvalue weighted by molar-refractivity contribution is 8.01. The lowest BCUT2D eigenvalue weighted by molar-refractivity contribution is -0.134. The highest BCUT2D eigenvalue weighted by Crippen LogP contribution is 2.53. The van der Waals surface area contributed by atoms with Gasteiger partial charge < -0.3 is 5.11 Å². The molecule has 0 unspecified atom stereocenters. The van der Waals surface area contributed by atoms with Crippen molar-refractivity contribution >= 4 is 56.8 Å². The Hall–Kier alpha value is -2.19. The first kappa shape index (κ1) is 16.0. The molecule has 1 aromatic heterocycles. The number of thiazole rings is 1. The van der Waals surface area contributed by atoms with Gasteiger partial charge in [-0.3, -0.25) is 14.4 Å². The van der Waals surface area contributed by atoms with Crippen LogP contribution in [0.25, 0.3) is 10.2 Å². The highest BCUT2D eigenvalue weighted by Gasteiger charge is 2.59. The van der Waals surface area contributed by atoms with Crippen LogP contribution in [0.3, 0.4) is 0 Å². The molecule has 1 aromatic carbocycles. The number of hydrogen-bond acceptors (Lipinski definition) is 6. The molecule has 1 N–H and O–H groups in total. The molecular weight excluding hydrogens is 372 g/mol. The number of benzene rings is 1. The van der Waals surface area contributed by atoms with Gasteiger partial charge in [0.15, 0.2) is 4.34 Å². The number of anilines is 1. The molecule has 2 bridgehead atoms. The van der Waals surface area contributed by atoms with Crippen LogP contribution in [0.15, 0.2) is 34.7 Å². The van der Waals surface area contributed by atoms with Crippen molar-refractivity contribution in [2.24, 2.45) is 23.7 Å². The van der Waals surface area contributed by atoms with Crippen molar-refractivity contribution in [2.75, 3.05) is 10.7 Å². The molecule has 2 fully saturated rings. The number of nitrogens with zero attached hydrogens (tertiary/aromatic N) is 2. The molecule has 1 aliphatic heterocycles. The van der Waals surface area contributed by atoms with E-state index in [2.05, 4.69) is 17.1 Å². The normalized spacial score (nSPS) is 29.2. The molecule has 6 nitrogen and oxygen atoms in total. The number of hydrogen-bond donors (Lipinski definition) is 1. The molecule has 3 aliphatic rings. The van der Waals surface area contributed by atoms with Crippen LogP contribution in [0, 0.1) is 23.7 Å². The Morgan fingerprint density at radius 3 is 2.58 bits per heavy atom. The summed E-state index contributed by atoms with van der Waals surface area (Å²) in [4.78, 5) is 42.2. The van der Waals surface area contributed by atoms with Gasteiger partial charge in [0.2, 0.25) is 11.8 Å². The molecule has 2 aromatic rings. The average molecular weight is 386 g/mol. The number of imide groups is 1. The van der Waals surface area contributed by atoms with Crippen molar-refractivity contribution in [3.63, 3.8) is 0 Å². The van der Waals surface area contributed by atoms with E-state index in [1.165, 1.54) is 28.0 Å². The Kier molecular flexibility index (Phi) is 3.48. The SMILES string of the molecule is O=C(O)CSc1nc2ccc(N3C(=O)[C@@H]4[C@H](C3=O)[C@H]3C=C[C@H]4C3)cc2s1. The van der Waals surface area contributed by atoms with E-state index in [0.29, 0.717) is 10.0 Å². The molecule has 8 heteroatoms. The minimum atomic E-state index is -0.891. The zero-order chi connectivity index (χ0) is 18.0. The third kappa shape index (κ3) is 2.25. The van der Waals surface area contributed by atoms with E-state index < -0.39 is 5.97 Å². The van der Waals surface area contributed by atoms with Crippen LogP contribution in [0.4, 0.5) is 5.69 Å². The summed E-state index contributed by atoms with van der Waals surface area (Å²) in [7, 11) is 0. The lowest BCUT2D eigenvalue weighted by Crippen LogP contribution is -2.32. The fraction of sp³-hybridized carbons (Fsp3) is 0.333. The summed E-state index contributed by atoms with van der Waals surface area (Å²) in [6, 6.07) is 5.34. The third-order valence-electron chi connectivity index (χ3n) is 5.40. The summed E-state index contributed by atoms with van der Waals surface area (Å²) in [5.74, 6) is -1.17. The molecule has 1 saturated heterocycles. The average Bonchev–Trinajstić information content (AvgIpc) is 3.35. The maximum absolute atomic E-state index is 12.9. The quantitative estimate of drug-likeness (QED) is 0.494. The molecule has 0 spiro atoms. The van der Waals surface area contributed by atoms with E-state index in [-0.39, 0.29) is 41.2 Å². The van der Waals surface area contributed by atoms with E-state index in [9.17, 15) is 14.4 Å². The Balaban J connectivity index is 1.47. The first-order chi connectivity index (χ1) is 12.5. The number of amides is 2. The minimum absolute atomic E-state index is 0.0467. The van der Waals surface area contributed by atoms with Crippen molar-refractivity contribution in [1.29, 1.82) is 0 Å². The van der Waals surface area contributed by atoms with Crippen molar-refractivity contribution in [2.45, 2.75) is 10.8 Å². The number of thioether (sulfide) groups is 1. The third-order valence-corrected chi connectivity index (χ3v) is 7.55. The van der Waals surface area contributed by atoms with Crippen LogP contribution < -0.4 is 4.90 Å². The molecule has 2 heterocycles. The number of rotatable bonds is 4. The zero-order valence-corrected chi connectivity index (χ0v) is 15.1. The van der Waals surface area contributed by atoms with Crippen LogP contribution in [0.5, 0.6) is 0 Å². The summed E-state index contributed by atoms with van der Waals surface area (Å²) in [5, 5.41) is 8.79. The lowest BCUT2D eigenvalue weighted by atomic mass is 9.85. The number of fused-ring (bicyclic) bond motifs is 6. The van der Waals surface area contributed by atoms with Crippen molar-refractivity contribution in [1.82, 2.24) is 4.98 Å². The number of aliphatic carboxylic acids is 1. The molecule has 0 radical (unpaired) electrons. The van der Waals surface area contributed by atoms with Gasteiger partial charge in [-0.2, -0.15) is 0 Å². The summed E-state index contributed by atoms with van der Waals surface area (Å²) in [5.41, 5.74) is 1.33. The molecule has 2 aliphatic carbocycles. The first-order valence-electron chi connectivity index (χ1n) is 8.34. The first-order valence-corrected chi connectivity index (χ1v) is 10.1. The summed E-state index contributed by atoms with van der Waals surface area (Å²) in [6.07, 6.45) is 5.08. The molecule has 1 saturated carbocycles. The number of carbonyl (C=O) groups excluding carboxylic acids is 2. The summed E-state index contributed by atoms with van der Waals surface area (Å²) < 4.78 is 1.51. The molecule has 132 valence electrons. The van der Waals surface area contributed by atoms with Crippen LogP contribution in [0.1, 0.15) is 6.42 Å². The fourth-order valence-corrected chi connectivity index (χ4v) is 6.19. The maximum Gasteiger partial charge on any atom is 0.313 e. The van der Waals surface area contributed by atoms with Gasteiger partial charge in [-0.15, -0.1) is 11.3 Å². The number of aromatic nitrogens is 1. The molecule has 4 atom stereocenters. The largest absolute Gasteiger partial charge is 0.481 e. The summed E-state index contributed by atoms with van der Waals surface area (Å²) in [6.45, 7) is 0. The lowest BCUT2D eigenvalue weighted by Gasteiger charge is -2.17. The minimum Gasteiger partial charge on any atom is -0.481 e. The smallest absolute Gasteiger partial charge is 0.313 e. The Morgan fingerprint density at radius 1 is 1.23 bits per heavy atom.